The molecular weight excluding hydrogens is 637 g/mol. The monoisotopic (exact) mass is 673 g/mol. The van der Waals surface area contributed by atoms with Gasteiger partial charge in [-0.25, -0.2) is 12.8 Å². The van der Waals surface area contributed by atoms with Gasteiger partial charge in [0.2, 0.25) is 11.8 Å². The molecule has 1 aliphatic carbocycles. The fourth-order valence-corrected chi connectivity index (χ4v) is 6.89. The maximum absolute atomic E-state index is 14.2. The van der Waals surface area contributed by atoms with Crippen molar-refractivity contribution in [3.63, 3.8) is 0 Å². The highest BCUT2D eigenvalue weighted by Gasteiger charge is 2.34. The first-order chi connectivity index (χ1) is 20.6. The smallest absolute Gasteiger partial charge is 0.264 e. The van der Waals surface area contributed by atoms with Gasteiger partial charge in [0, 0.05) is 17.1 Å². The van der Waals surface area contributed by atoms with Crippen LogP contribution in [-0.2, 0) is 26.2 Å². The van der Waals surface area contributed by atoms with E-state index in [1.807, 2.05) is 13.8 Å². The summed E-state index contributed by atoms with van der Waals surface area (Å²) in [6, 6.07) is 17.5. The van der Waals surface area contributed by atoms with E-state index in [1.165, 1.54) is 29.2 Å². The highest BCUT2D eigenvalue weighted by Crippen LogP contribution is 2.28. The first-order valence-electron chi connectivity index (χ1n) is 14.5. The van der Waals surface area contributed by atoms with Gasteiger partial charge >= 0.3 is 0 Å². The molecule has 1 N–H and O–H groups in total. The molecule has 230 valence electrons. The number of hydrogen-bond donors (Lipinski definition) is 1. The standard InChI is InChI=1S/C32H37BrFN3O5S/c1-3-30(32(39)35-26-7-5-6-8-26)36(21-23-9-13-25(34)14-10-23)31(38)22-37(27-15-17-28(18-16-27)42-4-2)43(40,41)29-19-11-24(33)12-20-29/h9-20,26,30H,3-8,21-22H2,1-2H3,(H,35,39)/t30-/m0/s1. The Bertz CT molecular complexity index is 1480. The molecule has 8 nitrogen and oxygen atoms in total. The Morgan fingerprint density at radius 2 is 1.60 bits per heavy atom. The summed E-state index contributed by atoms with van der Waals surface area (Å²) in [6.07, 6.45) is 4.14. The summed E-state index contributed by atoms with van der Waals surface area (Å²) < 4.78 is 49.0. The number of anilines is 1. The van der Waals surface area contributed by atoms with E-state index in [9.17, 15) is 22.4 Å². The fourth-order valence-electron chi connectivity index (χ4n) is 5.21. The van der Waals surface area contributed by atoms with Crippen molar-refractivity contribution in [1.82, 2.24) is 10.2 Å². The molecule has 1 atom stereocenters. The quantitative estimate of drug-likeness (QED) is 0.238. The summed E-state index contributed by atoms with van der Waals surface area (Å²) >= 11 is 3.34. The molecule has 0 aliphatic heterocycles. The van der Waals surface area contributed by atoms with Crippen molar-refractivity contribution in [3.05, 3.63) is 88.6 Å². The van der Waals surface area contributed by atoms with E-state index in [0.717, 1.165) is 30.0 Å². The van der Waals surface area contributed by atoms with Gasteiger partial charge in [0.25, 0.3) is 10.0 Å². The Balaban J connectivity index is 1.71. The zero-order chi connectivity index (χ0) is 31.0. The topological polar surface area (TPSA) is 96.0 Å². The second-order valence-electron chi connectivity index (χ2n) is 10.5. The van der Waals surface area contributed by atoms with E-state index in [1.54, 1.807) is 48.5 Å². The first kappa shape index (κ1) is 32.5. The van der Waals surface area contributed by atoms with Crippen LogP contribution in [0.5, 0.6) is 5.75 Å². The number of amides is 2. The Morgan fingerprint density at radius 3 is 2.19 bits per heavy atom. The highest BCUT2D eigenvalue weighted by molar-refractivity contribution is 9.10. The molecule has 4 rings (SSSR count). The van der Waals surface area contributed by atoms with Crippen LogP contribution in [0.2, 0.25) is 0 Å². The van der Waals surface area contributed by atoms with Crippen molar-refractivity contribution < 1.29 is 27.1 Å². The molecule has 0 unspecified atom stereocenters. The second-order valence-corrected chi connectivity index (χ2v) is 13.2. The number of halogens is 2. The number of nitrogens with one attached hydrogen (secondary N) is 1. The minimum absolute atomic E-state index is 0.00511. The molecule has 0 heterocycles. The van der Waals surface area contributed by atoms with Gasteiger partial charge in [-0.15, -0.1) is 0 Å². The summed E-state index contributed by atoms with van der Waals surface area (Å²) in [5.74, 6) is -0.707. The zero-order valence-corrected chi connectivity index (χ0v) is 26.7. The lowest BCUT2D eigenvalue weighted by Gasteiger charge is -2.33. The lowest BCUT2D eigenvalue weighted by molar-refractivity contribution is -0.140. The first-order valence-corrected chi connectivity index (χ1v) is 16.7. The molecule has 3 aromatic rings. The SMILES string of the molecule is CCOc1ccc(N(CC(=O)N(Cc2ccc(F)cc2)[C@@H](CC)C(=O)NC2CCCC2)S(=O)(=O)c2ccc(Br)cc2)cc1. The van der Waals surface area contributed by atoms with Crippen LogP contribution in [0.15, 0.2) is 82.2 Å². The second kappa shape index (κ2) is 14.8. The maximum Gasteiger partial charge on any atom is 0.264 e. The number of benzene rings is 3. The third-order valence-corrected chi connectivity index (χ3v) is 9.79. The summed E-state index contributed by atoms with van der Waals surface area (Å²) in [5, 5.41) is 3.08. The molecule has 43 heavy (non-hydrogen) atoms. The number of hydrogen-bond acceptors (Lipinski definition) is 5. The minimum atomic E-state index is -4.20. The average Bonchev–Trinajstić information content (AvgIpc) is 3.50. The minimum Gasteiger partial charge on any atom is -0.494 e. The van der Waals surface area contributed by atoms with Crippen LogP contribution in [-0.4, -0.2) is 50.4 Å². The Morgan fingerprint density at radius 1 is 0.977 bits per heavy atom. The van der Waals surface area contributed by atoms with Gasteiger partial charge in [-0.3, -0.25) is 13.9 Å². The maximum atomic E-state index is 14.2. The predicted molar refractivity (Wildman–Crippen MR) is 168 cm³/mol. The number of rotatable bonds is 13. The zero-order valence-electron chi connectivity index (χ0n) is 24.3. The van der Waals surface area contributed by atoms with Gasteiger partial charge in [-0.1, -0.05) is 47.8 Å². The Kier molecular flexibility index (Phi) is 11.2. The van der Waals surface area contributed by atoms with Crippen LogP contribution < -0.4 is 14.4 Å². The molecule has 2 amide bonds. The van der Waals surface area contributed by atoms with E-state index in [2.05, 4.69) is 21.2 Å². The van der Waals surface area contributed by atoms with Crippen LogP contribution in [0.4, 0.5) is 10.1 Å². The largest absolute Gasteiger partial charge is 0.494 e. The third-order valence-electron chi connectivity index (χ3n) is 7.47. The van der Waals surface area contributed by atoms with Gasteiger partial charge in [-0.2, -0.15) is 0 Å². The summed E-state index contributed by atoms with van der Waals surface area (Å²) in [4.78, 5) is 29.1. The van der Waals surface area contributed by atoms with E-state index in [0.29, 0.717) is 28.8 Å². The number of carbonyl (C=O) groups excluding carboxylic acids is 2. The van der Waals surface area contributed by atoms with Gasteiger partial charge in [0.05, 0.1) is 17.2 Å². The average molecular weight is 675 g/mol. The van der Waals surface area contributed by atoms with E-state index in [4.69, 9.17) is 4.74 Å². The lowest BCUT2D eigenvalue weighted by atomic mass is 10.1. The van der Waals surface area contributed by atoms with Crippen LogP contribution in [0, 0.1) is 5.82 Å². The molecule has 0 saturated heterocycles. The number of nitrogens with zero attached hydrogens (tertiary/aromatic N) is 2. The molecule has 0 bridgehead atoms. The van der Waals surface area contributed by atoms with E-state index >= 15 is 0 Å². The summed E-state index contributed by atoms with van der Waals surface area (Å²) in [6.45, 7) is 3.55. The fraction of sp³-hybridized carbons (Fsp3) is 0.375. The van der Waals surface area contributed by atoms with E-state index < -0.39 is 34.3 Å². The molecule has 1 fully saturated rings. The molecule has 0 spiro atoms. The summed E-state index contributed by atoms with van der Waals surface area (Å²) in [7, 11) is -4.20. The summed E-state index contributed by atoms with van der Waals surface area (Å²) in [5.41, 5.74) is 0.884. The Hall–Kier alpha value is -3.44. The van der Waals surface area contributed by atoms with Crippen molar-refractivity contribution in [2.75, 3.05) is 17.5 Å². The van der Waals surface area contributed by atoms with Crippen molar-refractivity contribution in [2.24, 2.45) is 0 Å². The molecule has 1 saturated carbocycles. The predicted octanol–water partition coefficient (Wildman–Crippen LogP) is 6.05. The van der Waals surface area contributed by atoms with Crippen LogP contribution in [0.1, 0.15) is 51.5 Å². The molecule has 0 radical (unpaired) electrons. The van der Waals surface area contributed by atoms with Gasteiger partial charge in [-0.05, 0) is 92.4 Å². The van der Waals surface area contributed by atoms with Gasteiger partial charge < -0.3 is 15.0 Å². The molecular formula is C32H37BrFN3O5S. The van der Waals surface area contributed by atoms with E-state index in [-0.39, 0.29) is 29.1 Å². The number of sulfonamides is 1. The van der Waals surface area contributed by atoms with Crippen molar-refractivity contribution >= 4 is 43.5 Å². The Labute approximate surface area is 261 Å². The van der Waals surface area contributed by atoms with Crippen molar-refractivity contribution in [1.29, 1.82) is 0 Å². The number of ether oxygens (including phenoxy) is 1. The molecule has 11 heteroatoms. The normalized spacial score (nSPS) is 14.2. The van der Waals surface area contributed by atoms with Gasteiger partial charge in [0.15, 0.2) is 0 Å². The highest BCUT2D eigenvalue weighted by atomic mass is 79.9. The molecule has 0 aromatic heterocycles. The van der Waals surface area contributed by atoms with Crippen LogP contribution >= 0.6 is 15.9 Å². The van der Waals surface area contributed by atoms with Crippen molar-refractivity contribution in [3.8, 4) is 5.75 Å². The lowest BCUT2D eigenvalue weighted by Crippen LogP contribution is -2.53. The number of carbonyl (C=O) groups is 2. The van der Waals surface area contributed by atoms with Crippen molar-refractivity contribution in [2.45, 2.75) is 69.5 Å². The third kappa shape index (κ3) is 8.35. The molecule has 3 aromatic carbocycles. The van der Waals surface area contributed by atoms with Gasteiger partial charge in [0.1, 0.15) is 24.2 Å². The molecule has 1 aliphatic rings. The van der Waals surface area contributed by atoms with Crippen LogP contribution in [0.25, 0.3) is 0 Å². The van der Waals surface area contributed by atoms with Crippen LogP contribution in [0.3, 0.4) is 0 Å².